The minimum atomic E-state index is -3.77. The van der Waals surface area contributed by atoms with Gasteiger partial charge in [0.15, 0.2) is 0 Å². The molecule has 0 spiro atoms. The number of anilines is 2. The number of fused-ring (bicyclic) bond motifs is 3. The van der Waals surface area contributed by atoms with Crippen molar-refractivity contribution in [2.45, 2.75) is 17.7 Å². The number of primary sulfonamides is 1. The summed E-state index contributed by atoms with van der Waals surface area (Å²) in [7, 11) is -3.77. The monoisotopic (exact) mass is 436 g/mol. The molecule has 1 aliphatic carbocycles. The first kappa shape index (κ1) is 16.6. The van der Waals surface area contributed by atoms with Gasteiger partial charge in [-0.05, 0) is 48.1 Å². The van der Waals surface area contributed by atoms with Gasteiger partial charge in [0.25, 0.3) is 0 Å². The Labute approximate surface area is 157 Å². The number of hydrogen-bond donors (Lipinski definition) is 1. The predicted octanol–water partition coefficient (Wildman–Crippen LogP) is 3.40. The molecule has 2 N–H and O–H groups in total. The van der Waals surface area contributed by atoms with Crippen LogP contribution in [0.15, 0.2) is 46.8 Å². The first-order chi connectivity index (χ1) is 11.9. The molecule has 0 amide bonds. The Hall–Kier alpha value is -1.81. The SMILES string of the molecule is NS(=O)(=O)c1cccc(N(Br)c2ncc3c(n2)-c2ccsc2CC3)c1. The van der Waals surface area contributed by atoms with Crippen LogP contribution in [0.2, 0.25) is 0 Å². The van der Waals surface area contributed by atoms with Crippen LogP contribution >= 0.6 is 27.5 Å². The number of aryl methyl sites for hydroxylation is 2. The van der Waals surface area contributed by atoms with Gasteiger partial charge in [0.2, 0.25) is 16.0 Å². The van der Waals surface area contributed by atoms with Gasteiger partial charge >= 0.3 is 0 Å². The molecule has 0 aliphatic heterocycles. The quantitative estimate of drug-likeness (QED) is 0.635. The first-order valence-corrected chi connectivity index (χ1v) is 10.6. The van der Waals surface area contributed by atoms with E-state index in [0.29, 0.717) is 11.6 Å². The van der Waals surface area contributed by atoms with Crippen molar-refractivity contribution >= 4 is 49.1 Å². The summed E-state index contributed by atoms with van der Waals surface area (Å²) in [6, 6.07) is 8.38. The third-order valence-electron chi connectivity index (χ3n) is 4.02. The lowest BCUT2D eigenvalue weighted by atomic mass is 9.96. The Morgan fingerprint density at radius 1 is 1.24 bits per heavy atom. The van der Waals surface area contributed by atoms with E-state index >= 15 is 0 Å². The number of nitrogens with zero attached hydrogens (tertiary/aromatic N) is 3. The largest absolute Gasteiger partial charge is 0.244 e. The maximum atomic E-state index is 11.6. The van der Waals surface area contributed by atoms with Crippen molar-refractivity contribution in [3.63, 3.8) is 0 Å². The lowest BCUT2D eigenvalue weighted by molar-refractivity contribution is 0.598. The van der Waals surface area contributed by atoms with Gasteiger partial charge in [0.05, 0.1) is 32.4 Å². The van der Waals surface area contributed by atoms with Crippen molar-refractivity contribution < 1.29 is 8.42 Å². The number of rotatable bonds is 3. The van der Waals surface area contributed by atoms with Gasteiger partial charge in [-0.25, -0.2) is 27.5 Å². The third-order valence-corrected chi connectivity index (χ3v) is 6.64. The first-order valence-electron chi connectivity index (χ1n) is 7.45. The molecule has 9 heteroatoms. The number of nitrogens with two attached hydrogens (primary N) is 1. The summed E-state index contributed by atoms with van der Waals surface area (Å²) in [6.45, 7) is 0. The van der Waals surface area contributed by atoms with Crippen molar-refractivity contribution in [3.05, 3.63) is 52.3 Å². The molecule has 0 fully saturated rings. The molecule has 0 saturated carbocycles. The number of sulfonamides is 1. The van der Waals surface area contributed by atoms with E-state index in [1.54, 1.807) is 27.4 Å². The minimum absolute atomic E-state index is 0.0348. The molecule has 128 valence electrons. The number of aromatic nitrogens is 2. The summed E-state index contributed by atoms with van der Waals surface area (Å²) in [5, 5.41) is 7.28. The molecular weight excluding hydrogens is 424 g/mol. The molecule has 3 aromatic rings. The molecule has 4 rings (SSSR count). The lowest BCUT2D eigenvalue weighted by Gasteiger charge is -2.19. The fraction of sp³-hybridized carbons (Fsp3) is 0.125. The summed E-state index contributed by atoms with van der Waals surface area (Å²) < 4.78 is 24.7. The van der Waals surface area contributed by atoms with Crippen molar-refractivity contribution in [2.24, 2.45) is 5.14 Å². The van der Waals surface area contributed by atoms with Crippen LogP contribution in [0.1, 0.15) is 10.4 Å². The number of thiophene rings is 1. The van der Waals surface area contributed by atoms with Crippen LogP contribution in [0.3, 0.4) is 0 Å². The molecule has 0 bridgehead atoms. The molecule has 0 unspecified atom stereocenters. The van der Waals surface area contributed by atoms with Crippen LogP contribution in [0.25, 0.3) is 11.3 Å². The maximum Gasteiger partial charge on any atom is 0.240 e. The van der Waals surface area contributed by atoms with E-state index in [1.165, 1.54) is 17.0 Å². The number of hydrogen-bond acceptors (Lipinski definition) is 6. The van der Waals surface area contributed by atoms with Crippen LogP contribution < -0.4 is 9.06 Å². The Morgan fingerprint density at radius 2 is 2.08 bits per heavy atom. The van der Waals surface area contributed by atoms with Crippen LogP contribution in [0.5, 0.6) is 0 Å². The highest BCUT2D eigenvalue weighted by Gasteiger charge is 2.21. The van der Waals surface area contributed by atoms with E-state index in [-0.39, 0.29) is 4.90 Å². The normalized spacial score (nSPS) is 13.2. The second-order valence-corrected chi connectivity index (χ2v) is 8.90. The third kappa shape index (κ3) is 3.08. The standard InChI is InChI=1S/C16H13BrN4O2S2/c17-21(11-2-1-3-12(8-11)25(18,22)23)16-19-9-10-4-5-14-13(6-7-24-14)15(10)20-16/h1-3,6-9H,4-5H2,(H2,18,22,23). The Bertz CT molecular complexity index is 1070. The zero-order chi connectivity index (χ0) is 17.6. The van der Waals surface area contributed by atoms with E-state index in [0.717, 1.165) is 29.7 Å². The van der Waals surface area contributed by atoms with E-state index in [2.05, 4.69) is 37.6 Å². The predicted molar refractivity (Wildman–Crippen MR) is 102 cm³/mol. The fourth-order valence-corrected chi connectivity index (χ4v) is 4.62. The molecule has 0 radical (unpaired) electrons. The molecule has 1 aliphatic rings. The minimum Gasteiger partial charge on any atom is -0.244 e. The Morgan fingerprint density at radius 3 is 2.88 bits per heavy atom. The molecular formula is C16H13BrN4O2S2. The van der Waals surface area contributed by atoms with Gasteiger partial charge in [-0.3, -0.25) is 0 Å². The number of halogens is 1. The van der Waals surface area contributed by atoms with E-state index < -0.39 is 10.0 Å². The summed E-state index contributed by atoms with van der Waals surface area (Å²) in [5.41, 5.74) is 3.77. The highest BCUT2D eigenvalue weighted by molar-refractivity contribution is 9.10. The average molecular weight is 437 g/mol. The van der Waals surface area contributed by atoms with Crippen molar-refractivity contribution in [1.29, 1.82) is 0 Å². The maximum absolute atomic E-state index is 11.6. The lowest BCUT2D eigenvalue weighted by Crippen LogP contribution is -2.14. The summed E-state index contributed by atoms with van der Waals surface area (Å²) >= 11 is 5.17. The molecule has 1 aromatic carbocycles. The van der Waals surface area contributed by atoms with Crippen LogP contribution in [-0.2, 0) is 22.9 Å². The van der Waals surface area contributed by atoms with E-state index in [4.69, 9.17) is 5.14 Å². The Balaban J connectivity index is 1.75. The Kier molecular flexibility index (Phi) is 4.11. The van der Waals surface area contributed by atoms with Crippen LogP contribution in [0, 0.1) is 0 Å². The van der Waals surface area contributed by atoms with Crippen molar-refractivity contribution in [1.82, 2.24) is 9.97 Å². The van der Waals surface area contributed by atoms with Gasteiger partial charge in [-0.2, -0.15) is 0 Å². The zero-order valence-corrected chi connectivity index (χ0v) is 16.1. The van der Waals surface area contributed by atoms with Crippen molar-refractivity contribution in [2.75, 3.05) is 3.93 Å². The molecule has 0 saturated heterocycles. The van der Waals surface area contributed by atoms with Gasteiger partial charge in [-0.15, -0.1) is 11.3 Å². The van der Waals surface area contributed by atoms with Gasteiger partial charge in [0.1, 0.15) is 0 Å². The van der Waals surface area contributed by atoms with Crippen molar-refractivity contribution in [3.8, 4) is 11.3 Å². The smallest absolute Gasteiger partial charge is 0.240 e. The van der Waals surface area contributed by atoms with E-state index in [9.17, 15) is 8.42 Å². The van der Waals surface area contributed by atoms with Crippen LogP contribution in [-0.4, -0.2) is 18.4 Å². The highest BCUT2D eigenvalue weighted by atomic mass is 79.9. The van der Waals surface area contributed by atoms with Gasteiger partial charge in [-0.1, -0.05) is 6.07 Å². The summed E-state index contributed by atoms with van der Waals surface area (Å²) in [5.74, 6) is 0.435. The molecule has 2 aromatic heterocycles. The fourth-order valence-electron chi connectivity index (χ4n) is 2.80. The van der Waals surface area contributed by atoms with Crippen LogP contribution in [0.4, 0.5) is 11.6 Å². The summed E-state index contributed by atoms with van der Waals surface area (Å²) in [4.78, 5) is 10.5. The molecule has 2 heterocycles. The second-order valence-electron chi connectivity index (χ2n) is 5.62. The molecule has 0 atom stereocenters. The van der Waals surface area contributed by atoms with E-state index in [1.807, 2.05) is 6.20 Å². The number of benzene rings is 1. The second kappa shape index (κ2) is 6.17. The van der Waals surface area contributed by atoms with Gasteiger partial charge < -0.3 is 0 Å². The molecule has 25 heavy (non-hydrogen) atoms. The average Bonchev–Trinajstić information content (AvgIpc) is 3.09. The topological polar surface area (TPSA) is 89.2 Å². The van der Waals surface area contributed by atoms with Gasteiger partial charge in [0, 0.05) is 16.6 Å². The molecule has 6 nitrogen and oxygen atoms in total. The summed E-state index contributed by atoms with van der Waals surface area (Å²) in [6.07, 6.45) is 3.76. The zero-order valence-electron chi connectivity index (χ0n) is 12.9. The highest BCUT2D eigenvalue weighted by Crippen LogP contribution is 2.37.